The van der Waals surface area contributed by atoms with E-state index < -0.39 is 5.97 Å². The van der Waals surface area contributed by atoms with Gasteiger partial charge < -0.3 is 15.3 Å². The van der Waals surface area contributed by atoms with Crippen LogP contribution in [-0.4, -0.2) is 41.5 Å². The average Bonchev–Trinajstić information content (AvgIpc) is 2.40. The second-order valence-corrected chi connectivity index (χ2v) is 4.21. The Balaban J connectivity index is 2.46. The fourth-order valence-corrected chi connectivity index (χ4v) is 1.72. The molecule has 1 aromatic carbocycles. The van der Waals surface area contributed by atoms with Crippen molar-refractivity contribution < 1.29 is 14.7 Å². The number of aromatic carboxylic acids is 1. The number of rotatable bonds is 7. The van der Waals surface area contributed by atoms with Gasteiger partial charge in [0.15, 0.2) is 0 Å². The van der Waals surface area contributed by atoms with E-state index in [1.165, 1.54) is 12.1 Å². The third-order valence-corrected chi connectivity index (χ3v) is 2.97. The summed E-state index contributed by atoms with van der Waals surface area (Å²) < 4.78 is 0. The normalized spacial score (nSPS) is 10.5. The fourth-order valence-electron chi connectivity index (χ4n) is 1.72. The first-order chi connectivity index (χ1) is 9.06. The highest BCUT2D eigenvalue weighted by Gasteiger charge is 2.06. The van der Waals surface area contributed by atoms with Gasteiger partial charge in [0.1, 0.15) is 0 Å². The monoisotopic (exact) mass is 264 g/mol. The zero-order chi connectivity index (χ0) is 14.3. The van der Waals surface area contributed by atoms with Crippen LogP contribution < -0.4 is 5.32 Å². The summed E-state index contributed by atoms with van der Waals surface area (Å²) in [7, 11) is 0. The van der Waals surface area contributed by atoms with Crippen molar-refractivity contribution in [3.63, 3.8) is 0 Å². The molecule has 0 heterocycles. The van der Waals surface area contributed by atoms with E-state index in [2.05, 4.69) is 24.1 Å². The maximum atomic E-state index is 11.7. The van der Waals surface area contributed by atoms with Crippen LogP contribution in [-0.2, 0) is 4.79 Å². The van der Waals surface area contributed by atoms with E-state index >= 15 is 0 Å². The van der Waals surface area contributed by atoms with Crippen molar-refractivity contribution in [1.82, 2.24) is 4.90 Å². The van der Waals surface area contributed by atoms with E-state index in [4.69, 9.17) is 5.11 Å². The second kappa shape index (κ2) is 7.53. The van der Waals surface area contributed by atoms with Crippen LogP contribution in [0.2, 0.25) is 0 Å². The topological polar surface area (TPSA) is 69.6 Å². The van der Waals surface area contributed by atoms with Gasteiger partial charge in [-0.2, -0.15) is 0 Å². The number of carbonyl (C=O) groups is 2. The van der Waals surface area contributed by atoms with Crippen LogP contribution in [0.5, 0.6) is 0 Å². The number of carbonyl (C=O) groups excluding carboxylic acids is 1. The third-order valence-electron chi connectivity index (χ3n) is 2.97. The smallest absolute Gasteiger partial charge is 0.335 e. The highest BCUT2D eigenvalue weighted by Crippen LogP contribution is 2.10. The van der Waals surface area contributed by atoms with Crippen LogP contribution in [0.3, 0.4) is 0 Å². The van der Waals surface area contributed by atoms with Crippen molar-refractivity contribution in [2.75, 3.05) is 25.0 Å². The number of hydrogen-bond acceptors (Lipinski definition) is 3. The molecule has 0 bridgehead atoms. The Morgan fingerprint density at radius 2 is 1.74 bits per heavy atom. The first-order valence-electron chi connectivity index (χ1n) is 6.42. The van der Waals surface area contributed by atoms with Gasteiger partial charge in [-0.25, -0.2) is 4.79 Å². The van der Waals surface area contributed by atoms with E-state index in [9.17, 15) is 9.59 Å². The third kappa shape index (κ3) is 5.09. The van der Waals surface area contributed by atoms with Crippen molar-refractivity contribution in [3.8, 4) is 0 Å². The van der Waals surface area contributed by atoms with Crippen LogP contribution in [0.1, 0.15) is 30.6 Å². The number of amides is 1. The molecule has 1 rings (SSSR count). The number of benzene rings is 1. The second-order valence-electron chi connectivity index (χ2n) is 4.21. The highest BCUT2D eigenvalue weighted by atomic mass is 16.4. The molecule has 19 heavy (non-hydrogen) atoms. The van der Waals surface area contributed by atoms with Crippen LogP contribution >= 0.6 is 0 Å². The lowest BCUT2D eigenvalue weighted by atomic mass is 10.2. The summed E-state index contributed by atoms with van der Waals surface area (Å²) in [6.07, 6.45) is 0.433. The standard InChI is InChI=1S/C14H20N2O3/c1-3-16(4-2)10-9-13(17)15-12-7-5-11(6-8-12)14(18)19/h5-8H,3-4,9-10H2,1-2H3,(H,15,17)(H,18,19). The van der Waals surface area contributed by atoms with Crippen LogP contribution in [0.4, 0.5) is 5.69 Å². The number of carboxylic acid groups (broad SMARTS) is 1. The zero-order valence-corrected chi connectivity index (χ0v) is 11.3. The molecule has 0 radical (unpaired) electrons. The molecule has 5 nitrogen and oxygen atoms in total. The molecule has 0 aliphatic carbocycles. The molecule has 104 valence electrons. The van der Waals surface area contributed by atoms with E-state index in [1.807, 2.05) is 0 Å². The molecule has 0 atom stereocenters. The number of nitrogens with zero attached hydrogens (tertiary/aromatic N) is 1. The van der Waals surface area contributed by atoms with E-state index in [0.717, 1.165) is 19.6 Å². The summed E-state index contributed by atoms with van der Waals surface area (Å²) in [4.78, 5) is 24.6. The minimum Gasteiger partial charge on any atom is -0.478 e. The molecule has 1 amide bonds. The Morgan fingerprint density at radius 3 is 2.21 bits per heavy atom. The summed E-state index contributed by atoms with van der Waals surface area (Å²) >= 11 is 0. The molecule has 0 aliphatic rings. The Hall–Kier alpha value is -1.88. The Kier molecular flexibility index (Phi) is 6.02. The van der Waals surface area contributed by atoms with Gasteiger partial charge in [0, 0.05) is 18.7 Å². The van der Waals surface area contributed by atoms with Crippen LogP contribution in [0, 0.1) is 0 Å². The minimum absolute atomic E-state index is 0.0602. The van der Waals surface area contributed by atoms with Gasteiger partial charge in [0.2, 0.25) is 5.91 Å². The SMILES string of the molecule is CCN(CC)CCC(=O)Nc1ccc(C(=O)O)cc1. The fraction of sp³-hybridized carbons (Fsp3) is 0.429. The predicted octanol–water partition coefficient (Wildman–Crippen LogP) is 2.06. The van der Waals surface area contributed by atoms with Gasteiger partial charge >= 0.3 is 5.97 Å². The summed E-state index contributed by atoms with van der Waals surface area (Å²) in [5.74, 6) is -1.03. The van der Waals surface area contributed by atoms with Crippen molar-refractivity contribution in [2.24, 2.45) is 0 Å². The largest absolute Gasteiger partial charge is 0.478 e. The number of nitrogens with one attached hydrogen (secondary N) is 1. The molecule has 0 spiro atoms. The summed E-state index contributed by atoms with van der Waals surface area (Å²) in [5, 5.41) is 11.5. The minimum atomic E-state index is -0.973. The van der Waals surface area contributed by atoms with Crippen molar-refractivity contribution in [2.45, 2.75) is 20.3 Å². The van der Waals surface area contributed by atoms with Crippen molar-refractivity contribution in [3.05, 3.63) is 29.8 Å². The molecule has 0 aliphatic heterocycles. The summed E-state index contributed by atoms with van der Waals surface area (Å²) in [6, 6.07) is 6.14. The Morgan fingerprint density at radius 1 is 1.16 bits per heavy atom. The van der Waals surface area contributed by atoms with E-state index in [1.54, 1.807) is 12.1 Å². The average molecular weight is 264 g/mol. The summed E-state index contributed by atoms with van der Waals surface area (Å²) in [6.45, 7) is 6.71. The van der Waals surface area contributed by atoms with Crippen LogP contribution in [0.25, 0.3) is 0 Å². The van der Waals surface area contributed by atoms with Crippen LogP contribution in [0.15, 0.2) is 24.3 Å². The first kappa shape index (κ1) is 15.2. The predicted molar refractivity (Wildman–Crippen MR) is 74.4 cm³/mol. The van der Waals surface area contributed by atoms with Gasteiger partial charge in [-0.15, -0.1) is 0 Å². The molecule has 0 fully saturated rings. The molecule has 0 saturated heterocycles. The van der Waals surface area contributed by atoms with Gasteiger partial charge in [-0.1, -0.05) is 13.8 Å². The highest BCUT2D eigenvalue weighted by molar-refractivity contribution is 5.92. The van der Waals surface area contributed by atoms with E-state index in [-0.39, 0.29) is 11.5 Å². The Bertz CT molecular complexity index is 425. The molecule has 2 N–H and O–H groups in total. The molecule has 0 aromatic heterocycles. The maximum Gasteiger partial charge on any atom is 0.335 e. The lowest BCUT2D eigenvalue weighted by Gasteiger charge is -2.17. The Labute approximate surface area is 113 Å². The molecular formula is C14H20N2O3. The lowest BCUT2D eigenvalue weighted by molar-refractivity contribution is -0.116. The number of anilines is 1. The molecular weight excluding hydrogens is 244 g/mol. The van der Waals surface area contributed by atoms with Gasteiger partial charge in [-0.05, 0) is 37.4 Å². The van der Waals surface area contributed by atoms with E-state index in [0.29, 0.717) is 12.1 Å². The maximum absolute atomic E-state index is 11.7. The number of carboxylic acids is 1. The summed E-state index contributed by atoms with van der Waals surface area (Å²) in [5.41, 5.74) is 0.829. The molecule has 5 heteroatoms. The quantitative estimate of drug-likeness (QED) is 0.791. The van der Waals surface area contributed by atoms with Crippen molar-refractivity contribution >= 4 is 17.6 Å². The van der Waals surface area contributed by atoms with Gasteiger partial charge in [-0.3, -0.25) is 4.79 Å². The molecule has 0 saturated carbocycles. The zero-order valence-electron chi connectivity index (χ0n) is 11.3. The number of hydrogen-bond donors (Lipinski definition) is 2. The molecule has 1 aromatic rings. The van der Waals surface area contributed by atoms with Crippen molar-refractivity contribution in [1.29, 1.82) is 0 Å². The lowest BCUT2D eigenvalue weighted by Crippen LogP contribution is -2.27. The molecule has 0 unspecified atom stereocenters. The van der Waals surface area contributed by atoms with Gasteiger partial charge in [0.25, 0.3) is 0 Å². The first-order valence-corrected chi connectivity index (χ1v) is 6.42. The van der Waals surface area contributed by atoms with Gasteiger partial charge in [0.05, 0.1) is 5.56 Å².